The quantitative estimate of drug-likeness (QED) is 0.557. The zero-order valence-corrected chi connectivity index (χ0v) is 18.6. The SMILES string of the molecule is O=C(Nc1cccc(C(=O)N(Cc2nnc(-c3ccc(Cl)cc3)o2)C2CC2)c1)C1CCCO1. The number of hydrogen-bond acceptors (Lipinski definition) is 6. The number of carbonyl (C=O) groups is 2. The number of amides is 2. The zero-order chi connectivity index (χ0) is 22.8. The van der Waals surface area contributed by atoms with Crippen LogP contribution < -0.4 is 5.32 Å². The molecule has 1 aliphatic carbocycles. The second kappa shape index (κ2) is 9.33. The molecule has 1 saturated carbocycles. The average molecular weight is 467 g/mol. The number of ether oxygens (including phenoxy) is 1. The van der Waals surface area contributed by atoms with Crippen molar-refractivity contribution >= 4 is 29.1 Å². The number of benzene rings is 2. The second-order valence-corrected chi connectivity index (χ2v) is 8.68. The predicted molar refractivity (Wildman–Crippen MR) is 122 cm³/mol. The van der Waals surface area contributed by atoms with Crippen LogP contribution in [0.5, 0.6) is 0 Å². The first-order chi connectivity index (χ1) is 16.1. The van der Waals surface area contributed by atoms with Crippen LogP contribution in [0.2, 0.25) is 5.02 Å². The van der Waals surface area contributed by atoms with Crippen molar-refractivity contribution in [1.82, 2.24) is 15.1 Å². The molecule has 9 heteroatoms. The summed E-state index contributed by atoms with van der Waals surface area (Å²) in [6.45, 7) is 0.818. The van der Waals surface area contributed by atoms with Gasteiger partial charge >= 0.3 is 0 Å². The predicted octanol–water partition coefficient (Wildman–Crippen LogP) is 4.31. The minimum atomic E-state index is -0.431. The Labute approximate surface area is 195 Å². The van der Waals surface area contributed by atoms with Crippen molar-refractivity contribution in [2.24, 2.45) is 0 Å². The van der Waals surface area contributed by atoms with Gasteiger partial charge < -0.3 is 19.4 Å². The van der Waals surface area contributed by atoms with Gasteiger partial charge in [-0.15, -0.1) is 10.2 Å². The number of nitrogens with one attached hydrogen (secondary N) is 1. The van der Waals surface area contributed by atoms with Crippen molar-refractivity contribution in [3.63, 3.8) is 0 Å². The molecule has 1 aliphatic heterocycles. The van der Waals surface area contributed by atoms with E-state index in [0.29, 0.717) is 41.1 Å². The second-order valence-electron chi connectivity index (χ2n) is 8.24. The third-order valence-corrected chi connectivity index (χ3v) is 5.96. The van der Waals surface area contributed by atoms with E-state index in [-0.39, 0.29) is 24.4 Å². The van der Waals surface area contributed by atoms with Gasteiger partial charge in [0.1, 0.15) is 6.10 Å². The van der Waals surface area contributed by atoms with Gasteiger partial charge in [0.25, 0.3) is 11.8 Å². The summed E-state index contributed by atoms with van der Waals surface area (Å²) in [4.78, 5) is 27.4. The molecule has 2 aliphatic rings. The molecule has 3 aromatic rings. The summed E-state index contributed by atoms with van der Waals surface area (Å²) >= 11 is 5.94. The monoisotopic (exact) mass is 466 g/mol. The van der Waals surface area contributed by atoms with Crippen LogP contribution in [0.15, 0.2) is 52.9 Å². The van der Waals surface area contributed by atoms with Gasteiger partial charge in [-0.05, 0) is 68.1 Å². The Hall–Kier alpha value is -3.23. The van der Waals surface area contributed by atoms with Crippen LogP contribution in [0.25, 0.3) is 11.5 Å². The lowest BCUT2D eigenvalue weighted by Crippen LogP contribution is -2.33. The van der Waals surface area contributed by atoms with Crippen molar-refractivity contribution in [3.05, 3.63) is 65.0 Å². The fourth-order valence-electron chi connectivity index (χ4n) is 3.83. The first-order valence-electron chi connectivity index (χ1n) is 11.0. The minimum Gasteiger partial charge on any atom is -0.419 e. The molecule has 0 spiro atoms. The maximum Gasteiger partial charge on any atom is 0.254 e. The standard InChI is InChI=1S/C24H23ClN4O4/c25-17-8-6-15(7-9-17)23-28-27-21(33-23)14-29(19-10-11-19)24(31)16-3-1-4-18(13-16)26-22(30)20-5-2-12-32-20/h1,3-4,6-9,13,19-20H,2,5,10-12,14H2,(H,26,30). The summed E-state index contributed by atoms with van der Waals surface area (Å²) in [5.74, 6) is 0.417. The molecule has 1 N–H and O–H groups in total. The van der Waals surface area contributed by atoms with Gasteiger partial charge in [0.05, 0.1) is 6.54 Å². The molecule has 1 aromatic heterocycles. The van der Waals surface area contributed by atoms with Gasteiger partial charge in [0.2, 0.25) is 11.8 Å². The number of anilines is 1. The molecule has 2 aromatic carbocycles. The summed E-state index contributed by atoms with van der Waals surface area (Å²) in [6, 6.07) is 14.2. The van der Waals surface area contributed by atoms with Gasteiger partial charge in [-0.1, -0.05) is 17.7 Å². The summed E-state index contributed by atoms with van der Waals surface area (Å²) in [5.41, 5.74) is 1.82. The summed E-state index contributed by atoms with van der Waals surface area (Å²) in [5, 5.41) is 11.7. The average Bonchev–Trinajstić information content (AvgIpc) is 3.31. The number of hydrogen-bond donors (Lipinski definition) is 1. The van der Waals surface area contributed by atoms with Crippen molar-refractivity contribution in [1.29, 1.82) is 0 Å². The molecule has 1 saturated heterocycles. The van der Waals surface area contributed by atoms with E-state index in [0.717, 1.165) is 24.8 Å². The van der Waals surface area contributed by atoms with Gasteiger partial charge in [-0.2, -0.15) is 0 Å². The molecule has 1 unspecified atom stereocenters. The van der Waals surface area contributed by atoms with E-state index in [9.17, 15) is 9.59 Å². The lowest BCUT2D eigenvalue weighted by Gasteiger charge is -2.21. The number of aromatic nitrogens is 2. The molecule has 2 fully saturated rings. The summed E-state index contributed by atoms with van der Waals surface area (Å²) in [7, 11) is 0. The molecule has 170 valence electrons. The van der Waals surface area contributed by atoms with Crippen molar-refractivity contribution in [2.75, 3.05) is 11.9 Å². The van der Waals surface area contributed by atoms with Gasteiger partial charge in [-0.25, -0.2) is 0 Å². The lowest BCUT2D eigenvalue weighted by molar-refractivity contribution is -0.124. The zero-order valence-electron chi connectivity index (χ0n) is 17.9. The normalized spacial score (nSPS) is 17.7. The van der Waals surface area contributed by atoms with Gasteiger partial charge in [0, 0.05) is 34.5 Å². The van der Waals surface area contributed by atoms with Crippen LogP contribution in [0.4, 0.5) is 5.69 Å². The Kier molecular flexibility index (Phi) is 6.11. The van der Waals surface area contributed by atoms with Gasteiger partial charge in [-0.3, -0.25) is 9.59 Å². The third-order valence-electron chi connectivity index (χ3n) is 5.71. The lowest BCUT2D eigenvalue weighted by atomic mass is 10.1. The summed E-state index contributed by atoms with van der Waals surface area (Å²) in [6.07, 6.45) is 3.02. The number of carbonyl (C=O) groups excluding carboxylic acids is 2. The van der Waals surface area contributed by atoms with E-state index in [2.05, 4.69) is 15.5 Å². The molecule has 1 atom stereocenters. The van der Waals surface area contributed by atoms with Crippen LogP contribution in [0.3, 0.4) is 0 Å². The fourth-order valence-corrected chi connectivity index (χ4v) is 3.95. The first kappa shape index (κ1) is 21.6. The largest absolute Gasteiger partial charge is 0.419 e. The maximum absolute atomic E-state index is 13.3. The Balaban J connectivity index is 1.29. The highest BCUT2D eigenvalue weighted by Crippen LogP contribution is 2.31. The molecule has 2 amide bonds. The van der Waals surface area contributed by atoms with E-state index in [1.165, 1.54) is 0 Å². The molecule has 0 radical (unpaired) electrons. The highest BCUT2D eigenvalue weighted by atomic mass is 35.5. The Morgan fingerprint density at radius 1 is 1.09 bits per heavy atom. The van der Waals surface area contributed by atoms with E-state index < -0.39 is 6.10 Å². The van der Waals surface area contributed by atoms with E-state index >= 15 is 0 Å². The van der Waals surface area contributed by atoms with Crippen LogP contribution >= 0.6 is 11.6 Å². The minimum absolute atomic E-state index is 0.133. The van der Waals surface area contributed by atoms with E-state index in [1.807, 2.05) is 0 Å². The highest BCUT2D eigenvalue weighted by molar-refractivity contribution is 6.30. The van der Waals surface area contributed by atoms with Crippen LogP contribution in [-0.2, 0) is 16.1 Å². The van der Waals surface area contributed by atoms with Crippen LogP contribution in [0.1, 0.15) is 41.9 Å². The first-order valence-corrected chi connectivity index (χ1v) is 11.4. The number of nitrogens with zero attached hydrogens (tertiary/aromatic N) is 3. The van der Waals surface area contributed by atoms with Crippen LogP contribution in [-0.4, -0.2) is 45.7 Å². The molecule has 2 heterocycles. The highest BCUT2D eigenvalue weighted by Gasteiger charge is 2.34. The molecule has 33 heavy (non-hydrogen) atoms. The summed E-state index contributed by atoms with van der Waals surface area (Å²) < 4.78 is 11.2. The Morgan fingerprint density at radius 3 is 2.64 bits per heavy atom. The molecule has 8 nitrogen and oxygen atoms in total. The van der Waals surface area contributed by atoms with E-state index in [4.69, 9.17) is 20.8 Å². The van der Waals surface area contributed by atoms with Crippen molar-refractivity contribution in [3.8, 4) is 11.5 Å². The molecular formula is C24H23ClN4O4. The topological polar surface area (TPSA) is 97.6 Å². The smallest absolute Gasteiger partial charge is 0.254 e. The maximum atomic E-state index is 13.3. The third kappa shape index (κ3) is 5.07. The molecule has 0 bridgehead atoms. The number of rotatable bonds is 7. The van der Waals surface area contributed by atoms with Crippen molar-refractivity contribution in [2.45, 2.75) is 44.4 Å². The Bertz CT molecular complexity index is 1150. The van der Waals surface area contributed by atoms with E-state index in [1.54, 1.807) is 53.4 Å². The van der Waals surface area contributed by atoms with Crippen LogP contribution in [0, 0.1) is 0 Å². The number of halogens is 1. The fraction of sp³-hybridized carbons (Fsp3) is 0.333. The molecule has 5 rings (SSSR count). The molecular weight excluding hydrogens is 444 g/mol. The Morgan fingerprint density at radius 2 is 1.91 bits per heavy atom. The van der Waals surface area contributed by atoms with Crippen molar-refractivity contribution < 1.29 is 18.7 Å². The van der Waals surface area contributed by atoms with Gasteiger partial charge in [0.15, 0.2) is 0 Å².